The van der Waals surface area contributed by atoms with Gasteiger partial charge in [0.15, 0.2) is 6.54 Å². The third-order valence-electron chi connectivity index (χ3n) is 2.89. The SMILES string of the molecule is CNCc1c(NC(C)=O)on[n+]1CCc1ccccc1. The van der Waals surface area contributed by atoms with Gasteiger partial charge >= 0.3 is 5.88 Å². The Morgan fingerprint density at radius 3 is 2.75 bits per heavy atom. The van der Waals surface area contributed by atoms with Crippen molar-refractivity contribution >= 4 is 11.8 Å². The first-order chi connectivity index (χ1) is 9.70. The molecule has 0 bridgehead atoms. The van der Waals surface area contributed by atoms with Crippen LogP contribution in [0.3, 0.4) is 0 Å². The molecule has 0 aliphatic rings. The van der Waals surface area contributed by atoms with Crippen LogP contribution >= 0.6 is 0 Å². The maximum atomic E-state index is 11.1. The number of carbonyl (C=O) groups is 1. The molecule has 0 aliphatic heterocycles. The van der Waals surface area contributed by atoms with E-state index in [9.17, 15) is 4.79 Å². The van der Waals surface area contributed by atoms with Crippen LogP contribution in [0.25, 0.3) is 0 Å². The van der Waals surface area contributed by atoms with Gasteiger partial charge in [-0.3, -0.25) is 14.6 Å². The van der Waals surface area contributed by atoms with Crippen molar-refractivity contribution in [3.63, 3.8) is 0 Å². The number of rotatable bonds is 6. The van der Waals surface area contributed by atoms with Crippen LogP contribution in [0.1, 0.15) is 18.2 Å². The Labute approximate surface area is 117 Å². The summed E-state index contributed by atoms with van der Waals surface area (Å²) in [5.41, 5.74) is 2.07. The Hall–Kier alpha value is -2.21. The van der Waals surface area contributed by atoms with Gasteiger partial charge in [0, 0.05) is 13.3 Å². The fourth-order valence-corrected chi connectivity index (χ4v) is 1.96. The molecule has 106 valence electrons. The molecule has 0 radical (unpaired) electrons. The molecular weight excluding hydrogens is 256 g/mol. The Morgan fingerprint density at radius 2 is 2.10 bits per heavy atom. The van der Waals surface area contributed by atoms with E-state index in [-0.39, 0.29) is 5.91 Å². The number of aryl methyl sites for hydroxylation is 2. The van der Waals surface area contributed by atoms with Crippen LogP contribution in [-0.2, 0) is 24.3 Å². The monoisotopic (exact) mass is 275 g/mol. The second kappa shape index (κ2) is 6.81. The molecule has 0 unspecified atom stereocenters. The Morgan fingerprint density at radius 1 is 1.35 bits per heavy atom. The van der Waals surface area contributed by atoms with Crippen LogP contribution in [0.5, 0.6) is 0 Å². The molecule has 0 spiro atoms. The summed E-state index contributed by atoms with van der Waals surface area (Å²) >= 11 is 0. The summed E-state index contributed by atoms with van der Waals surface area (Å²) in [5, 5.41) is 9.69. The van der Waals surface area contributed by atoms with Gasteiger partial charge in [0.2, 0.25) is 11.2 Å². The van der Waals surface area contributed by atoms with Crippen LogP contribution in [-0.4, -0.2) is 18.2 Å². The highest BCUT2D eigenvalue weighted by molar-refractivity contribution is 5.87. The van der Waals surface area contributed by atoms with Crippen LogP contribution in [0.4, 0.5) is 5.88 Å². The highest BCUT2D eigenvalue weighted by Crippen LogP contribution is 2.10. The minimum absolute atomic E-state index is 0.172. The van der Waals surface area contributed by atoms with Crippen molar-refractivity contribution < 1.29 is 14.0 Å². The molecule has 0 saturated carbocycles. The third-order valence-corrected chi connectivity index (χ3v) is 2.89. The third kappa shape index (κ3) is 3.64. The lowest BCUT2D eigenvalue weighted by molar-refractivity contribution is -0.767. The lowest BCUT2D eigenvalue weighted by atomic mass is 10.1. The minimum atomic E-state index is -0.172. The zero-order valence-corrected chi connectivity index (χ0v) is 11.7. The number of anilines is 1. The molecule has 2 rings (SSSR count). The molecule has 2 N–H and O–H groups in total. The maximum Gasteiger partial charge on any atom is 0.306 e. The molecule has 0 atom stereocenters. The fourth-order valence-electron chi connectivity index (χ4n) is 1.96. The summed E-state index contributed by atoms with van der Waals surface area (Å²) < 4.78 is 6.96. The first-order valence-electron chi connectivity index (χ1n) is 6.55. The van der Waals surface area contributed by atoms with Crippen LogP contribution in [0.2, 0.25) is 0 Å². The highest BCUT2D eigenvalue weighted by atomic mass is 16.5. The van der Waals surface area contributed by atoms with Crippen LogP contribution in [0.15, 0.2) is 34.9 Å². The van der Waals surface area contributed by atoms with Crippen LogP contribution in [0, 0.1) is 0 Å². The van der Waals surface area contributed by atoms with Crippen molar-refractivity contribution in [1.29, 1.82) is 0 Å². The van der Waals surface area contributed by atoms with Crippen molar-refractivity contribution in [2.75, 3.05) is 12.4 Å². The Kier molecular flexibility index (Phi) is 4.84. The number of amides is 1. The van der Waals surface area contributed by atoms with Crippen molar-refractivity contribution in [2.45, 2.75) is 26.4 Å². The van der Waals surface area contributed by atoms with Gasteiger partial charge in [-0.2, -0.15) is 0 Å². The molecule has 1 aromatic heterocycles. The molecule has 1 heterocycles. The van der Waals surface area contributed by atoms with Gasteiger partial charge in [0.05, 0.1) is 6.54 Å². The summed E-state index contributed by atoms with van der Waals surface area (Å²) in [6, 6.07) is 10.2. The van der Waals surface area contributed by atoms with Gasteiger partial charge in [0.1, 0.15) is 0 Å². The van der Waals surface area contributed by atoms with Gasteiger partial charge in [-0.1, -0.05) is 30.3 Å². The summed E-state index contributed by atoms with van der Waals surface area (Å²) in [7, 11) is 1.84. The van der Waals surface area contributed by atoms with Crippen molar-refractivity contribution in [3.05, 3.63) is 41.6 Å². The van der Waals surface area contributed by atoms with Gasteiger partial charge in [0.25, 0.3) is 5.69 Å². The predicted molar refractivity (Wildman–Crippen MR) is 73.9 cm³/mol. The van der Waals surface area contributed by atoms with E-state index in [0.29, 0.717) is 19.0 Å². The molecule has 6 nitrogen and oxygen atoms in total. The van der Waals surface area contributed by atoms with E-state index >= 15 is 0 Å². The lowest BCUT2D eigenvalue weighted by Gasteiger charge is -1.98. The molecule has 1 amide bonds. The summed E-state index contributed by atoms with van der Waals surface area (Å²) in [6.45, 7) is 2.72. The average molecular weight is 275 g/mol. The van der Waals surface area contributed by atoms with Gasteiger partial charge < -0.3 is 5.32 Å². The Balaban J connectivity index is 2.10. The largest absolute Gasteiger partial charge is 0.310 e. The van der Waals surface area contributed by atoms with Gasteiger partial charge in [-0.05, 0) is 17.3 Å². The van der Waals surface area contributed by atoms with Crippen LogP contribution < -0.4 is 15.3 Å². The second-order valence-electron chi connectivity index (χ2n) is 4.52. The number of carbonyl (C=O) groups excluding carboxylic acids is 1. The predicted octanol–water partition coefficient (Wildman–Crippen LogP) is 0.883. The number of nitrogens with one attached hydrogen (secondary N) is 2. The summed E-state index contributed by atoms with van der Waals surface area (Å²) in [5.74, 6) is 0.230. The number of hydrogen-bond donors (Lipinski definition) is 2. The molecule has 1 aromatic carbocycles. The quantitative estimate of drug-likeness (QED) is 0.768. The smallest absolute Gasteiger partial charge is 0.306 e. The zero-order chi connectivity index (χ0) is 14.4. The van der Waals surface area contributed by atoms with Crippen molar-refractivity contribution in [2.24, 2.45) is 0 Å². The molecule has 6 heteroatoms. The molecule has 0 aliphatic carbocycles. The molecule has 20 heavy (non-hydrogen) atoms. The second-order valence-corrected chi connectivity index (χ2v) is 4.52. The van der Waals surface area contributed by atoms with Gasteiger partial charge in [-0.25, -0.2) is 0 Å². The Bertz CT molecular complexity index is 566. The van der Waals surface area contributed by atoms with Gasteiger partial charge in [-0.15, -0.1) is 0 Å². The van der Waals surface area contributed by atoms with Crippen molar-refractivity contribution in [1.82, 2.24) is 10.6 Å². The van der Waals surface area contributed by atoms with E-state index in [1.165, 1.54) is 12.5 Å². The van der Waals surface area contributed by atoms with E-state index in [0.717, 1.165) is 12.1 Å². The maximum absolute atomic E-state index is 11.1. The lowest BCUT2D eigenvalue weighted by Crippen LogP contribution is -2.42. The van der Waals surface area contributed by atoms with E-state index in [1.54, 1.807) is 4.68 Å². The number of aromatic nitrogens is 2. The van der Waals surface area contributed by atoms with E-state index < -0.39 is 0 Å². The molecular formula is C14H19N4O2+. The average Bonchev–Trinajstić information content (AvgIpc) is 2.80. The topological polar surface area (TPSA) is 71.0 Å². The molecule has 2 aromatic rings. The first-order valence-corrected chi connectivity index (χ1v) is 6.55. The normalized spacial score (nSPS) is 10.5. The number of nitrogens with zero attached hydrogens (tertiary/aromatic N) is 2. The summed E-state index contributed by atoms with van der Waals surface area (Å²) in [6.07, 6.45) is 0.855. The van der Waals surface area contributed by atoms with Crippen molar-refractivity contribution in [3.8, 4) is 0 Å². The molecule has 0 fully saturated rings. The summed E-state index contributed by atoms with van der Waals surface area (Å²) in [4.78, 5) is 11.1. The van der Waals surface area contributed by atoms with E-state index in [2.05, 4.69) is 28.0 Å². The zero-order valence-electron chi connectivity index (χ0n) is 11.7. The first kappa shape index (κ1) is 14.2. The van der Waals surface area contributed by atoms with E-state index in [4.69, 9.17) is 4.52 Å². The minimum Gasteiger partial charge on any atom is -0.310 e. The standard InChI is InChI=1S/C14H18N4O2/c1-11(19)16-14-13(10-15-2)18(17-20-14)9-8-12-6-4-3-5-7-12/h3-7,15H,8-10H2,1-2H3/p+1. The highest BCUT2D eigenvalue weighted by Gasteiger charge is 2.24. The number of benzene rings is 1. The van der Waals surface area contributed by atoms with E-state index in [1.807, 2.05) is 25.2 Å². The number of hydrogen-bond acceptors (Lipinski definition) is 4. The fraction of sp³-hybridized carbons (Fsp3) is 0.357. The molecule has 0 saturated heterocycles.